The third-order valence-electron chi connectivity index (χ3n) is 6.52. The van der Waals surface area contributed by atoms with Gasteiger partial charge in [-0.15, -0.1) is 0 Å². The Balaban J connectivity index is 1.77. The molecule has 4 rings (SSSR count). The number of Topliss-reactive ketones (excluding diaryl/α,β-unsaturated/α-hetero) is 1. The van der Waals surface area contributed by atoms with E-state index in [9.17, 15) is 14.7 Å². The van der Waals surface area contributed by atoms with Gasteiger partial charge in [0.2, 0.25) is 0 Å². The van der Waals surface area contributed by atoms with Gasteiger partial charge >= 0.3 is 0 Å². The number of hydrogen-bond acceptors (Lipinski definition) is 6. The Morgan fingerprint density at radius 2 is 1.74 bits per heavy atom. The van der Waals surface area contributed by atoms with Gasteiger partial charge in [-0.2, -0.15) is 0 Å². The molecule has 39 heavy (non-hydrogen) atoms. The van der Waals surface area contributed by atoms with Gasteiger partial charge in [0.15, 0.2) is 0 Å². The molecule has 3 aromatic carbocycles. The lowest BCUT2D eigenvalue weighted by Crippen LogP contribution is -2.32. The molecule has 1 saturated heterocycles. The Hall–Kier alpha value is -4.36. The second-order valence-electron chi connectivity index (χ2n) is 9.71. The van der Waals surface area contributed by atoms with Gasteiger partial charge in [-0.25, -0.2) is 0 Å². The van der Waals surface area contributed by atoms with Crippen LogP contribution >= 0.6 is 0 Å². The van der Waals surface area contributed by atoms with Gasteiger partial charge in [-0.05, 0) is 87.6 Å². The molecule has 0 aliphatic carbocycles. The monoisotopic (exact) mass is 526 g/mol. The summed E-state index contributed by atoms with van der Waals surface area (Å²) in [6, 6.07) is 21.1. The van der Waals surface area contributed by atoms with E-state index in [0.29, 0.717) is 53.5 Å². The molecule has 1 fully saturated rings. The molecule has 1 aliphatic heterocycles. The highest BCUT2D eigenvalue weighted by Gasteiger charge is 2.46. The Bertz CT molecular complexity index is 1380. The van der Waals surface area contributed by atoms with Crippen molar-refractivity contribution in [2.24, 2.45) is 0 Å². The number of aliphatic hydroxyl groups is 1. The van der Waals surface area contributed by atoms with Gasteiger partial charge in [0.1, 0.15) is 29.6 Å². The number of ether oxygens (including phenoxy) is 2. The molecule has 1 atom stereocenters. The maximum absolute atomic E-state index is 13.4. The molecule has 0 aromatic heterocycles. The largest absolute Gasteiger partial charge is 0.507 e. The van der Waals surface area contributed by atoms with Crippen LogP contribution in [0.5, 0.6) is 17.2 Å². The maximum Gasteiger partial charge on any atom is 0.295 e. The van der Waals surface area contributed by atoms with Crippen molar-refractivity contribution in [2.45, 2.75) is 19.4 Å². The normalized spacial score (nSPS) is 16.5. The van der Waals surface area contributed by atoms with E-state index in [1.807, 2.05) is 80.5 Å². The minimum atomic E-state index is -0.762. The standard InChI is InChI=1S/C32H34N2O5/c1-5-19-38-25-15-16-27(22(2)20-25)30(35)28-29(34(32(37)31(28)36)18-10-17-33(3)4)23-11-9-14-26(21-23)39-24-12-7-6-8-13-24/h5-9,11-16,20-21,29,35H,1,10,17-19H2,2-4H3/t29-/m1/s1. The molecule has 1 heterocycles. The summed E-state index contributed by atoms with van der Waals surface area (Å²) < 4.78 is 11.6. The van der Waals surface area contributed by atoms with Crippen LogP contribution in [0.15, 0.2) is 91.0 Å². The highest BCUT2D eigenvalue weighted by Crippen LogP contribution is 2.41. The van der Waals surface area contributed by atoms with Crippen LogP contribution in [-0.4, -0.2) is 60.4 Å². The minimum Gasteiger partial charge on any atom is -0.507 e. The topological polar surface area (TPSA) is 79.3 Å². The second-order valence-corrected chi connectivity index (χ2v) is 9.71. The SMILES string of the molecule is C=CCOc1ccc(C(O)=C2C(=O)C(=O)N(CCCN(C)C)[C@@H]2c2cccc(Oc3ccccc3)c2)c(C)c1. The van der Waals surface area contributed by atoms with Crippen LogP contribution < -0.4 is 9.47 Å². The molecule has 3 aromatic rings. The van der Waals surface area contributed by atoms with Crippen LogP contribution in [-0.2, 0) is 9.59 Å². The number of ketones is 1. The molecule has 1 N–H and O–H groups in total. The number of likely N-dealkylation sites (tertiary alicyclic amines) is 1. The molecule has 0 unspecified atom stereocenters. The number of nitrogens with zero attached hydrogens (tertiary/aromatic N) is 2. The number of benzene rings is 3. The molecule has 0 spiro atoms. The molecule has 7 nitrogen and oxygen atoms in total. The summed E-state index contributed by atoms with van der Waals surface area (Å²) in [6.07, 6.45) is 2.32. The van der Waals surface area contributed by atoms with E-state index in [1.165, 1.54) is 0 Å². The quantitative estimate of drug-likeness (QED) is 0.149. The second kappa shape index (κ2) is 12.5. The molecule has 0 radical (unpaired) electrons. The lowest BCUT2D eigenvalue weighted by atomic mass is 9.93. The number of hydrogen-bond donors (Lipinski definition) is 1. The van der Waals surface area contributed by atoms with Crippen LogP contribution in [0.4, 0.5) is 0 Å². The summed E-state index contributed by atoms with van der Waals surface area (Å²) in [5, 5.41) is 11.5. The number of aryl methyl sites for hydroxylation is 1. The number of carbonyl (C=O) groups is 2. The summed E-state index contributed by atoms with van der Waals surface area (Å²) in [6.45, 7) is 6.95. The van der Waals surface area contributed by atoms with Crippen molar-refractivity contribution in [2.75, 3.05) is 33.8 Å². The van der Waals surface area contributed by atoms with Crippen LogP contribution in [0.1, 0.15) is 29.2 Å². The molecular weight excluding hydrogens is 492 g/mol. The van der Waals surface area contributed by atoms with Crippen molar-refractivity contribution in [1.29, 1.82) is 0 Å². The van der Waals surface area contributed by atoms with Gasteiger partial charge in [-0.3, -0.25) is 9.59 Å². The van der Waals surface area contributed by atoms with Gasteiger partial charge in [0.25, 0.3) is 11.7 Å². The Morgan fingerprint density at radius 3 is 2.44 bits per heavy atom. The number of aliphatic hydroxyl groups excluding tert-OH is 1. The average Bonchev–Trinajstić information content (AvgIpc) is 3.17. The molecule has 202 valence electrons. The van der Waals surface area contributed by atoms with E-state index >= 15 is 0 Å². The number of para-hydroxylation sites is 1. The third-order valence-corrected chi connectivity index (χ3v) is 6.52. The van der Waals surface area contributed by atoms with Crippen molar-refractivity contribution in [1.82, 2.24) is 9.80 Å². The molecule has 1 amide bonds. The first-order valence-corrected chi connectivity index (χ1v) is 12.9. The Morgan fingerprint density at radius 1 is 1.00 bits per heavy atom. The van der Waals surface area contributed by atoms with Crippen molar-refractivity contribution in [3.8, 4) is 17.2 Å². The molecule has 0 bridgehead atoms. The van der Waals surface area contributed by atoms with Gasteiger partial charge < -0.3 is 24.4 Å². The van der Waals surface area contributed by atoms with E-state index in [-0.39, 0.29) is 11.3 Å². The minimum absolute atomic E-state index is 0.0598. The third kappa shape index (κ3) is 6.38. The first kappa shape index (κ1) is 27.7. The van der Waals surface area contributed by atoms with Crippen molar-refractivity contribution in [3.05, 3.63) is 108 Å². The molecular formula is C32H34N2O5. The summed E-state index contributed by atoms with van der Waals surface area (Å²) >= 11 is 0. The fourth-order valence-corrected chi connectivity index (χ4v) is 4.68. The fraction of sp³-hybridized carbons (Fsp3) is 0.250. The smallest absolute Gasteiger partial charge is 0.295 e. The maximum atomic E-state index is 13.4. The summed E-state index contributed by atoms with van der Waals surface area (Å²) in [5.41, 5.74) is 1.92. The van der Waals surface area contributed by atoms with Gasteiger partial charge in [0.05, 0.1) is 11.6 Å². The first-order chi connectivity index (χ1) is 18.8. The number of rotatable bonds is 11. The average molecular weight is 527 g/mol. The predicted octanol–water partition coefficient (Wildman–Crippen LogP) is 5.73. The Labute approximate surface area is 229 Å². The summed E-state index contributed by atoms with van der Waals surface area (Å²) in [4.78, 5) is 30.3. The predicted molar refractivity (Wildman–Crippen MR) is 152 cm³/mol. The van der Waals surface area contributed by atoms with Crippen molar-refractivity contribution < 1.29 is 24.2 Å². The highest BCUT2D eigenvalue weighted by atomic mass is 16.5. The molecule has 1 aliphatic rings. The number of carbonyl (C=O) groups excluding carboxylic acids is 2. The zero-order valence-corrected chi connectivity index (χ0v) is 22.6. The lowest BCUT2D eigenvalue weighted by Gasteiger charge is -2.26. The van der Waals surface area contributed by atoms with E-state index in [4.69, 9.17) is 9.47 Å². The van der Waals surface area contributed by atoms with Gasteiger partial charge in [0, 0.05) is 12.1 Å². The zero-order chi connectivity index (χ0) is 27.9. The van der Waals surface area contributed by atoms with Crippen LogP contribution in [0.2, 0.25) is 0 Å². The lowest BCUT2D eigenvalue weighted by molar-refractivity contribution is -0.139. The first-order valence-electron chi connectivity index (χ1n) is 12.9. The van der Waals surface area contributed by atoms with Gasteiger partial charge in [-0.1, -0.05) is 43.0 Å². The van der Waals surface area contributed by atoms with E-state index < -0.39 is 17.7 Å². The highest BCUT2D eigenvalue weighted by molar-refractivity contribution is 6.46. The number of amides is 1. The van der Waals surface area contributed by atoms with E-state index in [0.717, 1.165) is 6.54 Å². The molecule has 7 heteroatoms. The van der Waals surface area contributed by atoms with Crippen LogP contribution in [0, 0.1) is 6.92 Å². The summed E-state index contributed by atoms with van der Waals surface area (Å²) in [7, 11) is 3.92. The zero-order valence-electron chi connectivity index (χ0n) is 22.6. The van der Waals surface area contributed by atoms with E-state index in [2.05, 4.69) is 6.58 Å². The van der Waals surface area contributed by atoms with Crippen molar-refractivity contribution in [3.63, 3.8) is 0 Å². The Kier molecular flexibility index (Phi) is 8.84. The van der Waals surface area contributed by atoms with E-state index in [1.54, 1.807) is 29.2 Å². The fourth-order valence-electron chi connectivity index (χ4n) is 4.68. The van der Waals surface area contributed by atoms with Crippen LogP contribution in [0.25, 0.3) is 5.76 Å². The van der Waals surface area contributed by atoms with Crippen molar-refractivity contribution >= 4 is 17.4 Å². The summed E-state index contributed by atoms with van der Waals surface area (Å²) in [5.74, 6) is 0.314. The van der Waals surface area contributed by atoms with Crippen LogP contribution in [0.3, 0.4) is 0 Å². The molecule has 0 saturated carbocycles.